The first-order chi connectivity index (χ1) is 63.6. The lowest BCUT2D eigenvalue weighted by molar-refractivity contribution is 0.0928. The number of alkyl halides is 1. The van der Waals surface area contributed by atoms with E-state index in [1.807, 2.05) is 254 Å². The first kappa shape index (κ1) is 105. The normalized spacial score (nSPS) is 15.2. The number of rotatable bonds is 21. The Bertz CT molecular complexity index is 5840. The number of urea groups is 1. The minimum atomic E-state index is -0.408. The molecule has 15 aromatic carbocycles. The van der Waals surface area contributed by atoms with Gasteiger partial charge in [0, 0.05) is 91.4 Å². The maximum Gasteiger partial charge on any atom is 0.329 e. The van der Waals surface area contributed by atoms with Gasteiger partial charge in [-0.2, -0.15) is 0 Å². The second kappa shape index (κ2) is 54.4. The van der Waals surface area contributed by atoms with Gasteiger partial charge in [-0.05, 0) is 273 Å². The van der Waals surface area contributed by atoms with Crippen molar-refractivity contribution in [3.8, 4) is 0 Å². The first-order valence-corrected chi connectivity index (χ1v) is 51.3. The zero-order chi connectivity index (χ0) is 94.6. The molecule has 2 aliphatic heterocycles. The van der Waals surface area contributed by atoms with Crippen molar-refractivity contribution < 1.29 is 19.5 Å². The number of aliphatic hydroxyl groups is 1. The lowest BCUT2D eigenvalue weighted by Crippen LogP contribution is -2.33. The van der Waals surface area contributed by atoms with Gasteiger partial charge in [-0.25, -0.2) is 4.79 Å². The summed E-state index contributed by atoms with van der Waals surface area (Å²) in [4.78, 5) is 43.1. The van der Waals surface area contributed by atoms with Crippen LogP contribution in [0.1, 0.15) is 125 Å². The zero-order valence-corrected chi connectivity index (χ0v) is 89.8. The van der Waals surface area contributed by atoms with E-state index in [9.17, 15) is 19.5 Å². The molecule has 10 unspecified atom stereocenters. The Hall–Kier alpha value is -9.13. The Morgan fingerprint density at radius 3 is 1.00 bits per heavy atom. The summed E-state index contributed by atoms with van der Waals surface area (Å²) in [6.07, 6.45) is 2.27. The fourth-order valence-electron chi connectivity index (χ4n) is 15.0. The third-order valence-corrected chi connectivity index (χ3v) is 27.1. The predicted molar refractivity (Wildman–Crippen MR) is 589 cm³/mol. The summed E-state index contributed by atoms with van der Waals surface area (Å²) < 4.78 is 9.61. The van der Waals surface area contributed by atoms with Crippen LogP contribution in [0.15, 0.2) is 441 Å². The van der Waals surface area contributed by atoms with Gasteiger partial charge >= 0.3 is 6.03 Å². The Balaban J connectivity index is 0.000000161. The van der Waals surface area contributed by atoms with Gasteiger partial charge in [0.15, 0.2) is 11.6 Å². The third kappa shape index (κ3) is 33.7. The minimum absolute atomic E-state index is 0.00794. The largest absolute Gasteiger partial charge is 0.399 e. The van der Waals surface area contributed by atoms with Gasteiger partial charge in [0.2, 0.25) is 0 Å². The quantitative estimate of drug-likeness (QED) is 0.0241. The molecule has 0 radical (unpaired) electrons. The molecule has 0 aromatic heterocycles. The number of hydrogen-bond donors (Lipinski definition) is 4. The molecular weight excluding hydrogens is 2290 g/mol. The molecule has 0 bridgehead atoms. The number of carbonyl (C=O) groups excluding carboxylic acids is 3. The number of anilines is 6. The lowest BCUT2D eigenvalue weighted by Gasteiger charge is -2.27. The molecule has 6 N–H and O–H groups in total. The van der Waals surface area contributed by atoms with Crippen molar-refractivity contribution in [3.63, 3.8) is 0 Å². The summed E-state index contributed by atoms with van der Waals surface area (Å²) in [6, 6.07) is 134. The van der Waals surface area contributed by atoms with E-state index < -0.39 is 6.10 Å². The molecule has 20 heteroatoms. The van der Waals surface area contributed by atoms with Crippen LogP contribution in [0.5, 0.6) is 0 Å². The van der Waals surface area contributed by atoms with Crippen molar-refractivity contribution in [2.45, 2.75) is 102 Å². The summed E-state index contributed by atoms with van der Waals surface area (Å²) in [5.74, 6) is 0.999. The molecule has 2 saturated heterocycles. The van der Waals surface area contributed by atoms with E-state index in [1.54, 1.807) is 0 Å². The third-order valence-electron chi connectivity index (χ3n) is 21.9. The summed E-state index contributed by atoms with van der Waals surface area (Å²) in [5.41, 5.74) is 26.8. The minimum Gasteiger partial charge on any atom is -0.399 e. The highest BCUT2D eigenvalue weighted by Gasteiger charge is 2.46. The number of carbonyl (C=O) groups is 3. The number of nitrogens with zero attached hydrogens (tertiary/aromatic N) is 3. The van der Waals surface area contributed by atoms with Crippen molar-refractivity contribution in [3.05, 3.63) is 491 Å². The van der Waals surface area contributed by atoms with Crippen LogP contribution >= 0.6 is 159 Å². The highest BCUT2D eigenvalue weighted by atomic mass is 79.9. The molecule has 0 saturated carbocycles. The van der Waals surface area contributed by atoms with Crippen LogP contribution in [0.3, 0.4) is 0 Å². The molecule has 2 heterocycles. The monoisotopic (exact) mass is 2390 g/mol. The van der Waals surface area contributed by atoms with E-state index >= 15 is 0 Å². The fourth-order valence-corrected chi connectivity index (χ4v) is 17.6. The van der Waals surface area contributed by atoms with E-state index in [0.717, 1.165) is 110 Å². The highest BCUT2D eigenvalue weighted by molar-refractivity contribution is 9.12. The van der Waals surface area contributed by atoms with Gasteiger partial charge in [0.05, 0.1) is 41.1 Å². The average molecular weight is 2400 g/mol. The van der Waals surface area contributed by atoms with Crippen LogP contribution in [-0.2, 0) is 19.3 Å². The molecule has 17 rings (SSSR count). The van der Waals surface area contributed by atoms with Crippen LogP contribution in [0.25, 0.3) is 0 Å². The highest BCUT2D eigenvalue weighted by Crippen LogP contribution is 2.47. The van der Waals surface area contributed by atoms with E-state index in [-0.39, 0.29) is 52.4 Å². The molecule has 15 aromatic rings. The summed E-state index contributed by atoms with van der Waals surface area (Å²) in [5, 5.41) is 14.0. The maximum absolute atomic E-state index is 13.5. The van der Waals surface area contributed by atoms with Crippen LogP contribution < -0.4 is 31.5 Å². The molecule has 2 aliphatic rings. The topological polar surface area (TPSA) is 145 Å². The van der Waals surface area contributed by atoms with E-state index in [0.29, 0.717) is 18.0 Å². The van der Waals surface area contributed by atoms with Gasteiger partial charge in [0.25, 0.3) is 0 Å². The van der Waals surface area contributed by atoms with Crippen molar-refractivity contribution >= 4 is 211 Å². The second-order valence-corrected chi connectivity index (χ2v) is 41.6. The van der Waals surface area contributed by atoms with Crippen LogP contribution in [0, 0.1) is 17.8 Å². The van der Waals surface area contributed by atoms with E-state index in [1.165, 1.54) is 33.5 Å². The number of aliphatic hydroxyl groups excluding tert-OH is 1. The first-order valence-electron chi connectivity index (χ1n) is 43.2. The number of amides is 2. The van der Waals surface area contributed by atoms with E-state index in [4.69, 9.17) is 11.5 Å². The van der Waals surface area contributed by atoms with Gasteiger partial charge in [0.1, 0.15) is 0 Å². The molecule has 678 valence electrons. The molecular formula is C112H106Br10N6O4. The molecule has 2 fully saturated rings. The predicted octanol–water partition coefficient (Wildman–Crippen LogP) is 34.0. The smallest absolute Gasteiger partial charge is 0.329 e. The van der Waals surface area contributed by atoms with Crippen LogP contribution in [-0.4, -0.2) is 39.6 Å². The van der Waals surface area contributed by atoms with Gasteiger partial charge in [-0.3, -0.25) is 19.4 Å². The average Bonchev–Trinajstić information content (AvgIpc) is 1.60. The fraction of sp³-hybridized carbons (Fsp3) is 0.170. The van der Waals surface area contributed by atoms with Crippen molar-refractivity contribution in [2.24, 2.45) is 17.8 Å². The number of ketones is 2. The number of benzene rings is 15. The Morgan fingerprint density at radius 1 is 0.333 bits per heavy atom. The van der Waals surface area contributed by atoms with Crippen molar-refractivity contribution in [1.29, 1.82) is 0 Å². The molecule has 10 nitrogen and oxygen atoms in total. The lowest BCUT2D eigenvalue weighted by atomic mass is 9.89. The maximum atomic E-state index is 13.5. The summed E-state index contributed by atoms with van der Waals surface area (Å²) in [6.45, 7) is 12.6. The molecule has 132 heavy (non-hydrogen) atoms. The molecule has 2 amide bonds. The van der Waals surface area contributed by atoms with Crippen LogP contribution in [0.4, 0.5) is 38.9 Å². The summed E-state index contributed by atoms with van der Waals surface area (Å²) >= 11 is 34.1. The Kier molecular flexibility index (Phi) is 43.3. The molecule has 0 aliphatic carbocycles. The zero-order valence-electron chi connectivity index (χ0n) is 73.9. The number of nitrogens with one attached hydrogen (secondary N) is 1. The number of nitrogen functional groups attached to an aromatic ring is 2. The standard InChI is InChI=1S/C22H18Br2N2O.C22H21Br2N.C16H17BrO.C16H15BrO.C15H14BrN.C9H9BrO.2C6H6BrN/c1-15-21(16-5-3-2-4-6-16)26(20-13-9-18(24)10-14-20)22(27)25(15)19-11-7-17(23)8-12-19;1-16(15-17-7-9-19(23)10-8-17)22(18-5-3-2-4-6-18)25-21-13-11-20(24)12-14-21;2*1-12(11-13-7-9-15(17)10-8-13)16(18)14-5-3-2-4-6-14;1-11-15(12-5-3-2-4-6-12)17(11)14-9-7-13(16)8-10-14;1-7(10)9(11)8-5-3-2-4-6-8;2*7-5-1-3-6(8)4-2-5/h2-15,21H,1H3;2-14,16,22,25H,15H2,1H3;2-10,12,16,18H,11H2,1H3;2-10,12H,11H2,1H3;2-11,15H,1H3;2-7H,1H3;2*1-4H,8H2. The van der Waals surface area contributed by atoms with Gasteiger partial charge in [-0.1, -0.05) is 398 Å². The Labute approximate surface area is 863 Å². The Morgan fingerprint density at radius 2 is 0.629 bits per heavy atom. The molecule has 0 spiro atoms. The van der Waals surface area contributed by atoms with Crippen molar-refractivity contribution in [2.75, 3.05) is 31.5 Å². The van der Waals surface area contributed by atoms with E-state index in [2.05, 4.69) is 367 Å². The number of Topliss-reactive ketones (excluding diaryl/α,β-unsaturated/α-hetero) is 2. The van der Waals surface area contributed by atoms with Crippen molar-refractivity contribution in [1.82, 2.24) is 0 Å². The van der Waals surface area contributed by atoms with Gasteiger partial charge in [-0.15, -0.1) is 0 Å². The summed E-state index contributed by atoms with van der Waals surface area (Å²) in [7, 11) is 0. The number of hydrogen-bond acceptors (Lipinski definition) is 8. The molecule has 10 atom stereocenters. The SMILES string of the molecule is CC(Br)C(=O)c1ccccc1.CC(Cc1ccc(Br)cc1)C(=O)c1ccccc1.CC(Cc1ccc(Br)cc1)C(Nc1ccc(Br)cc1)c1ccccc1.CC(Cc1ccc(Br)cc1)C(O)c1ccccc1.CC1C(c2ccccc2)N(c2ccc(Br)cc2)C(=O)N1c1ccc(Br)cc1.CC1C(c2ccccc2)N1c1ccc(Br)cc1.Nc1ccc(Br)cc1.Nc1ccc(Br)cc1. The number of halogens is 10. The number of nitrogens with two attached hydrogens (primary N) is 2. The second-order valence-electron chi connectivity index (χ2n) is 32.0. The van der Waals surface area contributed by atoms with Crippen LogP contribution in [0.2, 0.25) is 0 Å². The van der Waals surface area contributed by atoms with Gasteiger partial charge < -0.3 is 26.8 Å².